The van der Waals surface area contributed by atoms with Crippen molar-refractivity contribution in [1.29, 1.82) is 0 Å². The van der Waals surface area contributed by atoms with Crippen LogP contribution in [0, 0.1) is 0 Å². The molecule has 2 fully saturated rings. The predicted octanol–water partition coefficient (Wildman–Crippen LogP) is 7.42. The molecule has 17 nitrogen and oxygen atoms in total. The highest BCUT2D eigenvalue weighted by Gasteiger charge is 2.51. The molecule has 0 aromatic carbocycles. The SMILES string of the molecule is CCCCCCCCCCCCCCCCCCCCC[C@@H](O)C(=O)N[C@@H](CO[C@H]1O[C@H](CO)[C@H](O)[C@H](O[C@H]2O[C@H](CO)[C@H](O)[C@H](O)[C@H]2NC(C)=O)[C@H]1O)[C@H](O)[C@H](O)CCCCCCCCCCCCCCCCC. The number of ether oxygens (including phenoxy) is 4. The number of amides is 2. The number of rotatable bonds is 48. The average molecular weight is 1080 g/mol. The van der Waals surface area contributed by atoms with Gasteiger partial charge in [0.15, 0.2) is 12.6 Å². The minimum Gasteiger partial charge on any atom is -0.394 e. The summed E-state index contributed by atoms with van der Waals surface area (Å²) in [6, 6.07) is -2.72. The first-order chi connectivity index (χ1) is 36.3. The fraction of sp³-hybridized carbons (Fsp3) is 0.966. The molecule has 0 aromatic heterocycles. The number of nitrogens with one attached hydrogen (secondary N) is 2. The maximum absolute atomic E-state index is 13.5. The van der Waals surface area contributed by atoms with E-state index >= 15 is 0 Å². The number of aliphatic hydroxyl groups is 9. The van der Waals surface area contributed by atoms with Crippen LogP contribution in [0.25, 0.3) is 0 Å². The van der Waals surface area contributed by atoms with Crippen molar-refractivity contribution in [3.05, 3.63) is 0 Å². The Morgan fingerprint density at radius 3 is 1.27 bits per heavy atom. The molecule has 0 aromatic rings. The third-order valence-electron chi connectivity index (χ3n) is 15.4. The molecule has 75 heavy (non-hydrogen) atoms. The van der Waals surface area contributed by atoms with E-state index in [1.807, 2.05) is 0 Å². The van der Waals surface area contributed by atoms with Gasteiger partial charge in [-0.05, 0) is 12.8 Å². The largest absolute Gasteiger partial charge is 0.394 e. The van der Waals surface area contributed by atoms with Crippen molar-refractivity contribution in [2.45, 2.75) is 338 Å². The van der Waals surface area contributed by atoms with Crippen molar-refractivity contribution in [3.63, 3.8) is 0 Å². The molecule has 2 aliphatic heterocycles. The number of unbranched alkanes of at least 4 members (excludes halogenated alkanes) is 32. The Bertz CT molecular complexity index is 1370. The first-order valence-corrected chi connectivity index (χ1v) is 30.4. The van der Waals surface area contributed by atoms with Gasteiger partial charge in [0, 0.05) is 6.92 Å². The minimum absolute atomic E-state index is 0.196. The quantitative estimate of drug-likeness (QED) is 0.0265. The zero-order chi connectivity index (χ0) is 55.1. The molecule has 0 radical (unpaired) electrons. The van der Waals surface area contributed by atoms with E-state index in [2.05, 4.69) is 24.5 Å². The Labute approximate surface area is 453 Å². The van der Waals surface area contributed by atoms with Crippen LogP contribution in [-0.4, -0.2) is 163 Å². The molecule has 444 valence electrons. The molecule has 0 spiro atoms. The van der Waals surface area contributed by atoms with Gasteiger partial charge in [-0.15, -0.1) is 0 Å². The van der Waals surface area contributed by atoms with Gasteiger partial charge in [-0.3, -0.25) is 9.59 Å². The predicted molar refractivity (Wildman–Crippen MR) is 291 cm³/mol. The van der Waals surface area contributed by atoms with E-state index in [1.165, 1.54) is 154 Å². The first kappa shape index (κ1) is 69.5. The summed E-state index contributed by atoms with van der Waals surface area (Å²) < 4.78 is 23.2. The van der Waals surface area contributed by atoms with Crippen LogP contribution in [0.5, 0.6) is 0 Å². The smallest absolute Gasteiger partial charge is 0.249 e. The zero-order valence-corrected chi connectivity index (χ0v) is 47.1. The summed E-state index contributed by atoms with van der Waals surface area (Å²) >= 11 is 0. The standard InChI is InChI=1S/C58H112N2O15/c1-4-6-8-10-12-14-16-18-20-21-22-23-25-27-29-31-33-35-37-39-46(65)56(71)60-44(50(66)45(64)38-36-34-32-30-28-26-24-19-17-15-13-11-9-7-5-2)42-72-58-54(70)55(52(68)48(41-62)74-58)75-57-49(59-43(3)63)53(69)51(67)47(40-61)73-57/h44-55,57-58,61-62,64-70H,4-42H2,1-3H3,(H,59,63)(H,60,71)/t44-,45+,46+,47+,48+,49+,50-,51-,52-,53+,54+,55-,57+,58-/m0/s1. The van der Waals surface area contributed by atoms with Crippen LogP contribution in [0.1, 0.15) is 252 Å². The zero-order valence-electron chi connectivity index (χ0n) is 47.1. The van der Waals surface area contributed by atoms with Gasteiger partial charge < -0.3 is 75.5 Å². The average Bonchev–Trinajstić information content (AvgIpc) is 3.39. The third kappa shape index (κ3) is 30.0. The van der Waals surface area contributed by atoms with E-state index in [0.717, 1.165) is 58.3 Å². The fourth-order valence-electron chi connectivity index (χ4n) is 10.5. The van der Waals surface area contributed by atoms with Crippen molar-refractivity contribution in [3.8, 4) is 0 Å². The lowest BCUT2D eigenvalue weighted by Crippen LogP contribution is -2.68. The van der Waals surface area contributed by atoms with Crippen LogP contribution in [0.4, 0.5) is 0 Å². The van der Waals surface area contributed by atoms with Gasteiger partial charge in [0.05, 0.1) is 32.0 Å². The summed E-state index contributed by atoms with van der Waals surface area (Å²) in [6.45, 7) is 3.58. The highest BCUT2D eigenvalue weighted by molar-refractivity contribution is 5.80. The highest BCUT2D eigenvalue weighted by Crippen LogP contribution is 2.30. The second-order valence-electron chi connectivity index (χ2n) is 22.2. The normalized spacial score (nSPS) is 25.7. The molecule has 0 aliphatic carbocycles. The number of hydrogen-bond acceptors (Lipinski definition) is 15. The van der Waals surface area contributed by atoms with Gasteiger partial charge in [-0.1, -0.05) is 232 Å². The molecule has 2 aliphatic rings. The maximum atomic E-state index is 13.5. The van der Waals surface area contributed by atoms with Gasteiger partial charge in [-0.2, -0.15) is 0 Å². The summed E-state index contributed by atoms with van der Waals surface area (Å²) in [4.78, 5) is 25.5. The van der Waals surface area contributed by atoms with E-state index in [4.69, 9.17) is 18.9 Å². The molecule has 0 saturated carbocycles. The summed E-state index contributed by atoms with van der Waals surface area (Å²) in [6.07, 6.45) is 22.6. The lowest BCUT2D eigenvalue weighted by molar-refractivity contribution is -0.348. The molecule has 0 unspecified atom stereocenters. The Balaban J connectivity index is 1.93. The number of aliphatic hydroxyl groups excluding tert-OH is 9. The highest BCUT2D eigenvalue weighted by atomic mass is 16.7. The van der Waals surface area contributed by atoms with E-state index < -0.39 is 117 Å². The van der Waals surface area contributed by atoms with E-state index in [-0.39, 0.29) is 12.8 Å². The van der Waals surface area contributed by atoms with Crippen LogP contribution >= 0.6 is 0 Å². The van der Waals surface area contributed by atoms with Crippen LogP contribution in [0.15, 0.2) is 0 Å². The fourth-order valence-corrected chi connectivity index (χ4v) is 10.5. The molecule has 2 heterocycles. The van der Waals surface area contributed by atoms with Crippen molar-refractivity contribution in [1.82, 2.24) is 10.6 Å². The maximum Gasteiger partial charge on any atom is 0.249 e. The Morgan fingerprint density at radius 1 is 0.493 bits per heavy atom. The third-order valence-corrected chi connectivity index (χ3v) is 15.4. The second-order valence-corrected chi connectivity index (χ2v) is 22.2. The second kappa shape index (κ2) is 44.2. The summed E-state index contributed by atoms with van der Waals surface area (Å²) in [5, 5.41) is 103. The van der Waals surface area contributed by atoms with E-state index in [9.17, 15) is 55.5 Å². The molecular weight excluding hydrogens is 965 g/mol. The van der Waals surface area contributed by atoms with Crippen molar-refractivity contribution >= 4 is 11.8 Å². The Kier molecular flexibility index (Phi) is 41.0. The molecule has 17 heteroatoms. The minimum atomic E-state index is -1.85. The molecular formula is C58H112N2O15. The summed E-state index contributed by atoms with van der Waals surface area (Å²) in [5.74, 6) is -1.39. The number of carbonyl (C=O) groups is 2. The van der Waals surface area contributed by atoms with Gasteiger partial charge in [0.25, 0.3) is 0 Å². The van der Waals surface area contributed by atoms with E-state index in [1.54, 1.807) is 0 Å². The summed E-state index contributed by atoms with van der Waals surface area (Å²) in [5.41, 5.74) is 0. The van der Waals surface area contributed by atoms with Crippen molar-refractivity contribution in [2.24, 2.45) is 0 Å². The van der Waals surface area contributed by atoms with E-state index in [0.29, 0.717) is 12.8 Å². The van der Waals surface area contributed by atoms with Crippen LogP contribution < -0.4 is 10.6 Å². The lowest BCUT2D eigenvalue weighted by atomic mass is 9.95. The lowest BCUT2D eigenvalue weighted by Gasteiger charge is -2.47. The molecule has 14 atom stereocenters. The molecule has 2 saturated heterocycles. The topological polar surface area (TPSA) is 277 Å². The van der Waals surface area contributed by atoms with Gasteiger partial charge in [-0.25, -0.2) is 0 Å². The number of hydrogen-bond donors (Lipinski definition) is 11. The summed E-state index contributed by atoms with van der Waals surface area (Å²) in [7, 11) is 0. The van der Waals surface area contributed by atoms with Gasteiger partial charge in [0.2, 0.25) is 11.8 Å². The van der Waals surface area contributed by atoms with Crippen LogP contribution in [-0.2, 0) is 28.5 Å². The molecule has 0 bridgehead atoms. The van der Waals surface area contributed by atoms with Crippen molar-refractivity contribution < 1.29 is 74.5 Å². The first-order valence-electron chi connectivity index (χ1n) is 30.4. The van der Waals surface area contributed by atoms with Crippen LogP contribution in [0.3, 0.4) is 0 Å². The molecule has 11 N–H and O–H groups in total. The van der Waals surface area contributed by atoms with Crippen molar-refractivity contribution in [2.75, 3.05) is 19.8 Å². The monoisotopic (exact) mass is 1080 g/mol. The van der Waals surface area contributed by atoms with Crippen LogP contribution in [0.2, 0.25) is 0 Å². The Morgan fingerprint density at radius 2 is 0.867 bits per heavy atom. The van der Waals surface area contributed by atoms with Gasteiger partial charge >= 0.3 is 0 Å². The van der Waals surface area contributed by atoms with Gasteiger partial charge in [0.1, 0.15) is 61.0 Å². The molecule has 2 amide bonds. The molecule has 2 rings (SSSR count). The Hall–Kier alpha value is -1.58. The number of carbonyl (C=O) groups excluding carboxylic acids is 2.